The van der Waals surface area contributed by atoms with E-state index in [1.807, 2.05) is 73.7 Å². The second-order valence-electron chi connectivity index (χ2n) is 8.22. The molecule has 1 N–H and O–H groups in total. The van der Waals surface area contributed by atoms with Crippen molar-refractivity contribution >= 4 is 23.6 Å². The van der Waals surface area contributed by atoms with E-state index in [9.17, 15) is 9.59 Å². The van der Waals surface area contributed by atoms with Crippen molar-refractivity contribution in [2.75, 3.05) is 4.90 Å². The van der Waals surface area contributed by atoms with Crippen LogP contribution in [0.25, 0.3) is 6.08 Å². The smallest absolute Gasteiger partial charge is 0.251 e. The summed E-state index contributed by atoms with van der Waals surface area (Å²) >= 11 is 0. The molecule has 150 valence electrons. The first kappa shape index (κ1) is 19.4. The minimum absolute atomic E-state index is 0.0228. The molecule has 0 bridgehead atoms. The molecule has 0 aromatic heterocycles. The fraction of sp³-hybridized carbons (Fsp3) is 0.360. The Morgan fingerprint density at radius 1 is 1.03 bits per heavy atom. The molecule has 2 aromatic rings. The molecule has 1 heterocycles. The lowest BCUT2D eigenvalue weighted by Crippen LogP contribution is -2.70. The van der Waals surface area contributed by atoms with Gasteiger partial charge in [-0.1, -0.05) is 73.4 Å². The van der Waals surface area contributed by atoms with Crippen molar-refractivity contribution in [3.8, 4) is 0 Å². The van der Waals surface area contributed by atoms with Crippen molar-refractivity contribution in [1.29, 1.82) is 0 Å². The molecule has 2 amide bonds. The maximum absolute atomic E-state index is 13.5. The number of aryl methyl sites for hydroxylation is 1. The minimum Gasteiger partial charge on any atom is -0.351 e. The van der Waals surface area contributed by atoms with Gasteiger partial charge < -0.3 is 5.32 Å². The Hall–Kier alpha value is -2.88. The average molecular weight is 389 g/mol. The maximum Gasteiger partial charge on any atom is 0.251 e. The van der Waals surface area contributed by atoms with Crippen LogP contribution in [0.5, 0.6) is 0 Å². The first-order valence-corrected chi connectivity index (χ1v) is 10.5. The van der Waals surface area contributed by atoms with Gasteiger partial charge in [0, 0.05) is 11.7 Å². The molecule has 4 nitrogen and oxygen atoms in total. The van der Waals surface area contributed by atoms with Crippen LogP contribution in [0.1, 0.15) is 49.7 Å². The molecule has 1 aliphatic carbocycles. The van der Waals surface area contributed by atoms with Crippen LogP contribution in [0, 0.1) is 6.92 Å². The van der Waals surface area contributed by atoms with E-state index in [0.29, 0.717) is 0 Å². The van der Waals surface area contributed by atoms with Crippen LogP contribution in [0.3, 0.4) is 0 Å². The van der Waals surface area contributed by atoms with Gasteiger partial charge in [-0.15, -0.1) is 0 Å². The summed E-state index contributed by atoms with van der Waals surface area (Å²) in [6.45, 7) is 2.01. The number of benzene rings is 2. The van der Waals surface area contributed by atoms with Crippen LogP contribution in [-0.4, -0.2) is 23.4 Å². The van der Waals surface area contributed by atoms with Crippen molar-refractivity contribution in [2.45, 2.75) is 57.0 Å². The van der Waals surface area contributed by atoms with Gasteiger partial charge in [0.25, 0.3) is 5.91 Å². The Balaban J connectivity index is 1.66. The van der Waals surface area contributed by atoms with Crippen LogP contribution in [0.4, 0.5) is 5.69 Å². The lowest BCUT2D eigenvalue weighted by molar-refractivity contribution is -0.137. The fourth-order valence-electron chi connectivity index (χ4n) is 4.33. The Bertz CT molecular complexity index is 898. The van der Waals surface area contributed by atoms with E-state index in [4.69, 9.17) is 0 Å². The van der Waals surface area contributed by atoms with E-state index < -0.39 is 5.54 Å². The number of β-lactam (4-membered cyclic amide) rings is 1. The molecular weight excluding hydrogens is 360 g/mol. The number of rotatable bonds is 5. The SMILES string of the molecule is Cc1ccc(N2C(=O)CC2(/C=C/c2ccccc2)C(=O)NC2CCCCC2)cc1. The highest BCUT2D eigenvalue weighted by Gasteiger charge is 2.55. The van der Waals surface area contributed by atoms with Gasteiger partial charge >= 0.3 is 0 Å². The molecule has 1 atom stereocenters. The number of nitrogens with one attached hydrogen (secondary N) is 1. The molecule has 1 saturated heterocycles. The first-order chi connectivity index (χ1) is 14.1. The maximum atomic E-state index is 13.5. The van der Waals surface area contributed by atoms with Crippen LogP contribution in [-0.2, 0) is 9.59 Å². The summed E-state index contributed by atoms with van der Waals surface area (Å²) in [5.41, 5.74) is 1.93. The molecule has 29 heavy (non-hydrogen) atoms. The van der Waals surface area contributed by atoms with Crippen molar-refractivity contribution in [1.82, 2.24) is 5.32 Å². The molecular formula is C25H28N2O2. The third-order valence-electron chi connectivity index (χ3n) is 6.05. The standard InChI is InChI=1S/C25H28N2O2/c1-19-12-14-22(15-13-19)27-23(28)18-25(27,17-16-20-8-4-2-5-9-20)24(29)26-21-10-6-3-7-11-21/h2,4-5,8-9,12-17,21H,3,6-7,10-11,18H2,1H3,(H,26,29)/b17-16+. The zero-order valence-corrected chi connectivity index (χ0v) is 16.9. The number of hydrogen-bond acceptors (Lipinski definition) is 2. The molecule has 1 aliphatic heterocycles. The highest BCUT2D eigenvalue weighted by molar-refractivity contribution is 6.15. The quantitative estimate of drug-likeness (QED) is 0.759. The van der Waals surface area contributed by atoms with Crippen molar-refractivity contribution in [2.24, 2.45) is 0 Å². The third-order valence-corrected chi connectivity index (χ3v) is 6.05. The molecule has 2 fully saturated rings. The lowest BCUT2D eigenvalue weighted by atomic mass is 9.80. The molecule has 1 saturated carbocycles. The second-order valence-corrected chi connectivity index (χ2v) is 8.22. The number of nitrogens with zero attached hydrogens (tertiary/aromatic N) is 1. The predicted octanol–water partition coefficient (Wildman–Crippen LogP) is 4.63. The van der Waals surface area contributed by atoms with Crippen molar-refractivity contribution in [3.05, 3.63) is 71.8 Å². The van der Waals surface area contributed by atoms with Crippen molar-refractivity contribution in [3.63, 3.8) is 0 Å². The Morgan fingerprint density at radius 3 is 2.38 bits per heavy atom. The molecule has 4 heteroatoms. The van der Waals surface area contributed by atoms with Crippen LogP contribution in [0.15, 0.2) is 60.7 Å². The summed E-state index contributed by atoms with van der Waals surface area (Å²) in [5, 5.41) is 3.25. The highest BCUT2D eigenvalue weighted by atomic mass is 16.2. The third kappa shape index (κ3) is 3.98. The monoisotopic (exact) mass is 388 g/mol. The predicted molar refractivity (Wildman–Crippen MR) is 117 cm³/mol. The summed E-state index contributed by atoms with van der Waals surface area (Å²) in [5.74, 6) is -0.0953. The summed E-state index contributed by atoms with van der Waals surface area (Å²) in [6.07, 6.45) is 9.63. The molecule has 0 spiro atoms. The van der Waals surface area contributed by atoms with Crippen LogP contribution >= 0.6 is 0 Å². The fourth-order valence-corrected chi connectivity index (χ4v) is 4.33. The number of amides is 2. The molecule has 0 radical (unpaired) electrons. The summed E-state index contributed by atoms with van der Waals surface area (Å²) < 4.78 is 0. The van der Waals surface area contributed by atoms with Gasteiger partial charge in [-0.05, 0) is 43.5 Å². The van der Waals surface area contributed by atoms with Gasteiger partial charge in [-0.3, -0.25) is 14.5 Å². The van der Waals surface area contributed by atoms with E-state index in [1.165, 1.54) is 6.42 Å². The normalized spacial score (nSPS) is 22.5. The summed E-state index contributed by atoms with van der Waals surface area (Å²) in [4.78, 5) is 27.8. The van der Waals surface area contributed by atoms with Crippen molar-refractivity contribution < 1.29 is 9.59 Å². The van der Waals surface area contributed by atoms with E-state index in [2.05, 4.69) is 5.32 Å². The molecule has 1 unspecified atom stereocenters. The Labute approximate surface area is 172 Å². The first-order valence-electron chi connectivity index (χ1n) is 10.5. The average Bonchev–Trinajstić information content (AvgIpc) is 2.74. The Kier molecular flexibility index (Phi) is 5.52. The molecule has 2 aromatic carbocycles. The number of carbonyl (C=O) groups is 2. The van der Waals surface area contributed by atoms with Gasteiger partial charge in [-0.25, -0.2) is 0 Å². The molecule has 2 aliphatic rings. The van der Waals surface area contributed by atoms with Gasteiger partial charge in [0.1, 0.15) is 0 Å². The summed E-state index contributed by atoms with van der Waals surface area (Å²) in [7, 11) is 0. The van der Waals surface area contributed by atoms with Gasteiger partial charge in [-0.2, -0.15) is 0 Å². The topological polar surface area (TPSA) is 49.4 Å². The zero-order valence-electron chi connectivity index (χ0n) is 16.9. The molecule has 4 rings (SSSR count). The second kappa shape index (κ2) is 8.24. The largest absolute Gasteiger partial charge is 0.351 e. The highest BCUT2D eigenvalue weighted by Crippen LogP contribution is 2.39. The lowest BCUT2D eigenvalue weighted by Gasteiger charge is -2.49. The van der Waals surface area contributed by atoms with Gasteiger partial charge in [0.15, 0.2) is 5.54 Å². The zero-order chi connectivity index (χ0) is 20.3. The number of hydrogen-bond donors (Lipinski definition) is 1. The van der Waals surface area contributed by atoms with E-state index in [1.54, 1.807) is 4.90 Å². The number of anilines is 1. The number of carbonyl (C=O) groups excluding carboxylic acids is 2. The van der Waals surface area contributed by atoms with Crippen LogP contribution in [0.2, 0.25) is 0 Å². The Morgan fingerprint density at radius 2 is 1.72 bits per heavy atom. The van der Waals surface area contributed by atoms with E-state index in [-0.39, 0.29) is 24.3 Å². The van der Waals surface area contributed by atoms with Gasteiger partial charge in [0.2, 0.25) is 5.91 Å². The van der Waals surface area contributed by atoms with Crippen LogP contribution < -0.4 is 10.2 Å². The minimum atomic E-state index is -0.973. The van der Waals surface area contributed by atoms with E-state index in [0.717, 1.165) is 42.5 Å². The van der Waals surface area contributed by atoms with E-state index >= 15 is 0 Å². The summed E-state index contributed by atoms with van der Waals surface area (Å²) in [6, 6.07) is 17.9. The van der Waals surface area contributed by atoms with Gasteiger partial charge in [0.05, 0.1) is 6.42 Å².